The molecule has 146 valence electrons. The molecular weight excluding hydrogens is 357 g/mol. The van der Waals surface area contributed by atoms with Crippen molar-refractivity contribution in [3.63, 3.8) is 0 Å². The molecule has 0 aromatic heterocycles. The SMILES string of the molecule is CC1CC(B2OC(C)(C)C(C)(C)O2)=CC=C1c1ccc(N=S(C)(C)=O)cc1. The van der Waals surface area contributed by atoms with E-state index in [1.165, 1.54) is 16.6 Å². The molecular formula is C21H30BNO3S. The number of hydrogen-bond acceptors (Lipinski definition) is 4. The van der Waals surface area contributed by atoms with Crippen LogP contribution in [0.1, 0.15) is 46.6 Å². The Morgan fingerprint density at radius 1 is 1.04 bits per heavy atom. The van der Waals surface area contributed by atoms with Gasteiger partial charge in [0.1, 0.15) is 0 Å². The van der Waals surface area contributed by atoms with Crippen LogP contribution in [0.15, 0.2) is 46.3 Å². The maximum atomic E-state index is 11.8. The van der Waals surface area contributed by atoms with Gasteiger partial charge in [0.05, 0.1) is 16.9 Å². The first-order valence-corrected chi connectivity index (χ1v) is 11.7. The Balaban J connectivity index is 1.82. The molecule has 0 amide bonds. The van der Waals surface area contributed by atoms with Crippen molar-refractivity contribution in [2.24, 2.45) is 10.3 Å². The van der Waals surface area contributed by atoms with E-state index in [1.807, 2.05) is 12.1 Å². The van der Waals surface area contributed by atoms with Gasteiger partial charge in [0.25, 0.3) is 0 Å². The standard InChI is InChI=1S/C21H30BNO3S/c1-15-14-17(22-25-20(2,3)21(4,5)26-22)10-13-19(15)16-8-11-18(12-9-16)23-27(6,7)24/h8-13,15H,14H2,1-7H3. The predicted molar refractivity (Wildman–Crippen MR) is 114 cm³/mol. The summed E-state index contributed by atoms with van der Waals surface area (Å²) in [5.41, 5.74) is 3.77. The van der Waals surface area contributed by atoms with E-state index in [-0.39, 0.29) is 18.3 Å². The van der Waals surface area contributed by atoms with Gasteiger partial charge in [-0.25, -0.2) is 4.21 Å². The summed E-state index contributed by atoms with van der Waals surface area (Å²) in [4.78, 5) is 0. The highest BCUT2D eigenvalue weighted by molar-refractivity contribution is 7.92. The van der Waals surface area contributed by atoms with Crippen molar-refractivity contribution in [3.05, 3.63) is 47.5 Å². The Morgan fingerprint density at radius 3 is 2.07 bits per heavy atom. The van der Waals surface area contributed by atoms with Gasteiger partial charge in [0.15, 0.2) is 0 Å². The third kappa shape index (κ3) is 4.39. The van der Waals surface area contributed by atoms with Gasteiger partial charge in [-0.1, -0.05) is 31.2 Å². The number of allylic oxidation sites excluding steroid dienone is 4. The molecule has 1 aromatic rings. The lowest BCUT2D eigenvalue weighted by atomic mass is 9.69. The lowest BCUT2D eigenvalue weighted by Gasteiger charge is -2.32. The smallest absolute Gasteiger partial charge is 0.400 e. The van der Waals surface area contributed by atoms with Gasteiger partial charge in [-0.05, 0) is 68.8 Å². The van der Waals surface area contributed by atoms with E-state index < -0.39 is 9.73 Å². The van der Waals surface area contributed by atoms with Crippen LogP contribution in [0.3, 0.4) is 0 Å². The average Bonchev–Trinajstić information content (AvgIpc) is 2.75. The molecule has 1 unspecified atom stereocenters. The third-order valence-electron chi connectivity index (χ3n) is 5.63. The fourth-order valence-corrected chi connectivity index (χ4v) is 4.04. The number of nitrogens with zero attached hydrogens (tertiary/aromatic N) is 1. The van der Waals surface area contributed by atoms with Crippen LogP contribution in [0.5, 0.6) is 0 Å². The maximum Gasteiger partial charge on any atom is 0.490 e. The lowest BCUT2D eigenvalue weighted by molar-refractivity contribution is 0.00578. The van der Waals surface area contributed by atoms with Crippen LogP contribution in [-0.2, 0) is 19.0 Å². The Kier molecular flexibility index (Phi) is 5.21. The van der Waals surface area contributed by atoms with Crippen LogP contribution in [0, 0.1) is 5.92 Å². The van der Waals surface area contributed by atoms with Crippen molar-refractivity contribution in [2.45, 2.75) is 52.2 Å². The molecule has 27 heavy (non-hydrogen) atoms. The summed E-state index contributed by atoms with van der Waals surface area (Å²) in [6, 6.07) is 7.98. The van der Waals surface area contributed by atoms with Crippen molar-refractivity contribution < 1.29 is 13.5 Å². The largest absolute Gasteiger partial charge is 0.490 e. The Morgan fingerprint density at radius 2 is 1.59 bits per heavy atom. The summed E-state index contributed by atoms with van der Waals surface area (Å²) in [5.74, 6) is 0.369. The number of benzene rings is 1. The molecule has 0 N–H and O–H groups in total. The van der Waals surface area contributed by atoms with Crippen molar-refractivity contribution in [2.75, 3.05) is 12.5 Å². The zero-order chi connectivity index (χ0) is 20.0. The van der Waals surface area contributed by atoms with Crippen LogP contribution in [-0.4, -0.2) is 35.0 Å². The molecule has 0 saturated carbocycles. The van der Waals surface area contributed by atoms with Gasteiger partial charge in [0, 0.05) is 22.2 Å². The minimum Gasteiger partial charge on any atom is -0.400 e. The first kappa shape index (κ1) is 20.4. The van der Waals surface area contributed by atoms with Gasteiger partial charge in [-0.15, -0.1) is 0 Å². The molecule has 1 atom stereocenters. The zero-order valence-electron chi connectivity index (χ0n) is 17.4. The Labute approximate surface area is 164 Å². The molecule has 0 spiro atoms. The minimum absolute atomic E-state index is 0.279. The van der Waals surface area contributed by atoms with Crippen LogP contribution in [0.4, 0.5) is 5.69 Å². The molecule has 1 aliphatic carbocycles. The molecule has 1 aromatic carbocycles. The molecule has 2 aliphatic rings. The molecule has 3 rings (SSSR count). The summed E-state index contributed by atoms with van der Waals surface area (Å²) in [6.07, 6.45) is 8.51. The second-order valence-electron chi connectivity index (χ2n) is 8.88. The van der Waals surface area contributed by atoms with Crippen LogP contribution in [0.2, 0.25) is 0 Å². The van der Waals surface area contributed by atoms with Gasteiger partial charge in [-0.2, -0.15) is 4.36 Å². The van der Waals surface area contributed by atoms with E-state index in [2.05, 4.69) is 63.3 Å². The van der Waals surface area contributed by atoms with Gasteiger partial charge in [-0.3, -0.25) is 0 Å². The van der Waals surface area contributed by atoms with Crippen LogP contribution >= 0.6 is 0 Å². The average molecular weight is 387 g/mol. The van der Waals surface area contributed by atoms with Crippen molar-refractivity contribution in [1.29, 1.82) is 0 Å². The molecule has 4 nitrogen and oxygen atoms in total. The lowest BCUT2D eigenvalue weighted by Crippen LogP contribution is -2.41. The second-order valence-corrected chi connectivity index (χ2v) is 11.4. The Hall–Kier alpha value is -1.37. The minimum atomic E-state index is -2.14. The topological polar surface area (TPSA) is 47.9 Å². The summed E-state index contributed by atoms with van der Waals surface area (Å²) in [5, 5.41) is 0. The van der Waals surface area contributed by atoms with Gasteiger partial charge < -0.3 is 9.31 Å². The highest BCUT2D eigenvalue weighted by atomic mass is 32.2. The Bertz CT molecular complexity index is 882. The summed E-state index contributed by atoms with van der Waals surface area (Å²) in [7, 11) is -2.42. The second kappa shape index (κ2) is 6.91. The van der Waals surface area contributed by atoms with Crippen molar-refractivity contribution in [1.82, 2.24) is 0 Å². The number of rotatable bonds is 3. The monoisotopic (exact) mass is 387 g/mol. The molecule has 0 bridgehead atoms. The third-order valence-corrected chi connectivity index (χ3v) is 6.28. The van der Waals surface area contributed by atoms with Crippen LogP contribution in [0.25, 0.3) is 5.57 Å². The first-order chi connectivity index (χ1) is 12.4. The van der Waals surface area contributed by atoms with Gasteiger partial charge in [0.2, 0.25) is 0 Å². The van der Waals surface area contributed by atoms with Gasteiger partial charge >= 0.3 is 7.12 Å². The first-order valence-electron chi connectivity index (χ1n) is 9.42. The van der Waals surface area contributed by atoms with E-state index in [0.29, 0.717) is 5.92 Å². The summed E-state index contributed by atoms with van der Waals surface area (Å²) >= 11 is 0. The molecule has 1 fully saturated rings. The van der Waals surface area contributed by atoms with E-state index in [9.17, 15) is 4.21 Å². The fraction of sp³-hybridized carbons (Fsp3) is 0.524. The predicted octanol–water partition coefficient (Wildman–Crippen LogP) is 5.03. The highest BCUT2D eigenvalue weighted by Gasteiger charge is 2.52. The maximum absolute atomic E-state index is 11.8. The number of hydrogen-bond donors (Lipinski definition) is 0. The molecule has 1 heterocycles. The molecule has 1 saturated heterocycles. The molecule has 1 aliphatic heterocycles. The summed E-state index contributed by atoms with van der Waals surface area (Å²) in [6.45, 7) is 10.6. The molecule has 6 heteroatoms. The van der Waals surface area contributed by atoms with E-state index in [4.69, 9.17) is 9.31 Å². The molecule has 0 radical (unpaired) electrons. The zero-order valence-corrected chi connectivity index (χ0v) is 18.2. The normalized spacial score (nSPS) is 24.4. The van der Waals surface area contributed by atoms with E-state index in [1.54, 1.807) is 12.5 Å². The van der Waals surface area contributed by atoms with Crippen molar-refractivity contribution >= 4 is 28.1 Å². The summed E-state index contributed by atoms with van der Waals surface area (Å²) < 4.78 is 28.5. The van der Waals surface area contributed by atoms with Crippen LogP contribution < -0.4 is 0 Å². The van der Waals surface area contributed by atoms with Crippen molar-refractivity contribution in [3.8, 4) is 0 Å². The van der Waals surface area contributed by atoms with E-state index >= 15 is 0 Å². The highest BCUT2D eigenvalue weighted by Crippen LogP contribution is 2.42. The fourth-order valence-electron chi connectivity index (χ4n) is 3.41. The van der Waals surface area contributed by atoms with E-state index in [0.717, 1.165) is 12.1 Å². The quantitative estimate of drug-likeness (QED) is 0.684.